The molecule has 1 aromatic rings. The van der Waals surface area contributed by atoms with Crippen LogP contribution in [0, 0.1) is 5.82 Å². The van der Waals surface area contributed by atoms with Crippen molar-refractivity contribution in [3.63, 3.8) is 0 Å². The number of carboxylic acid groups (broad SMARTS) is 1. The first kappa shape index (κ1) is 15.4. The predicted molar refractivity (Wildman–Crippen MR) is 69.8 cm³/mol. The van der Waals surface area contributed by atoms with Crippen molar-refractivity contribution in [3.05, 3.63) is 34.6 Å². The number of hydrogen-bond donors (Lipinski definition) is 2. The lowest BCUT2D eigenvalue weighted by Gasteiger charge is -2.14. The zero-order valence-corrected chi connectivity index (χ0v) is 11.2. The van der Waals surface area contributed by atoms with Gasteiger partial charge in [0.1, 0.15) is 11.9 Å². The van der Waals surface area contributed by atoms with Crippen LogP contribution in [-0.4, -0.2) is 23.0 Å². The number of unbranched alkanes of at least 4 members (excludes halogenated alkanes) is 1. The zero-order chi connectivity index (χ0) is 14.4. The molecule has 0 radical (unpaired) electrons. The van der Waals surface area contributed by atoms with Gasteiger partial charge in [-0.1, -0.05) is 31.4 Å². The summed E-state index contributed by atoms with van der Waals surface area (Å²) in [5.41, 5.74) is -0.254. The van der Waals surface area contributed by atoms with Crippen molar-refractivity contribution >= 4 is 23.5 Å². The Morgan fingerprint density at radius 2 is 2.16 bits per heavy atom. The predicted octanol–water partition coefficient (Wildman–Crippen LogP) is 2.85. The number of nitrogens with one attached hydrogen (secondary N) is 1. The largest absolute Gasteiger partial charge is 0.480 e. The summed E-state index contributed by atoms with van der Waals surface area (Å²) < 4.78 is 13.5. The molecule has 0 saturated carbocycles. The lowest BCUT2D eigenvalue weighted by atomic mass is 10.1. The molecule has 1 atom stereocenters. The van der Waals surface area contributed by atoms with Crippen LogP contribution in [0.3, 0.4) is 0 Å². The molecule has 0 aliphatic rings. The standard InChI is InChI=1S/C13H15ClFNO3/c1-2-3-4-11(13(18)19)16-12(17)9-7-8(14)5-6-10(9)15/h5-7,11H,2-4H2,1H3,(H,16,17)(H,18,19). The third kappa shape index (κ3) is 4.52. The van der Waals surface area contributed by atoms with Gasteiger partial charge in [-0.05, 0) is 24.6 Å². The Labute approximate surface area is 115 Å². The monoisotopic (exact) mass is 287 g/mol. The van der Waals surface area contributed by atoms with Gasteiger partial charge >= 0.3 is 5.97 Å². The second kappa shape index (κ2) is 7.09. The van der Waals surface area contributed by atoms with E-state index in [1.54, 1.807) is 0 Å². The van der Waals surface area contributed by atoms with Crippen molar-refractivity contribution < 1.29 is 19.1 Å². The number of amides is 1. The first-order valence-corrected chi connectivity index (χ1v) is 6.32. The first-order chi connectivity index (χ1) is 8.95. The third-order valence-electron chi connectivity index (χ3n) is 2.62. The highest BCUT2D eigenvalue weighted by Crippen LogP contribution is 2.15. The number of aliphatic carboxylic acids is 1. The SMILES string of the molecule is CCCCC(NC(=O)c1cc(Cl)ccc1F)C(=O)O. The van der Waals surface area contributed by atoms with Crippen LogP contribution in [0.25, 0.3) is 0 Å². The number of hydrogen-bond acceptors (Lipinski definition) is 2. The lowest BCUT2D eigenvalue weighted by molar-refractivity contribution is -0.139. The van der Waals surface area contributed by atoms with E-state index in [2.05, 4.69) is 5.32 Å². The Hall–Kier alpha value is -1.62. The highest BCUT2D eigenvalue weighted by Gasteiger charge is 2.21. The van der Waals surface area contributed by atoms with Crippen molar-refractivity contribution in [2.75, 3.05) is 0 Å². The van der Waals surface area contributed by atoms with Gasteiger partial charge in [0.15, 0.2) is 0 Å². The van der Waals surface area contributed by atoms with Gasteiger partial charge in [-0.3, -0.25) is 4.79 Å². The van der Waals surface area contributed by atoms with Crippen molar-refractivity contribution in [1.82, 2.24) is 5.32 Å². The van der Waals surface area contributed by atoms with Crippen molar-refractivity contribution in [2.45, 2.75) is 32.2 Å². The van der Waals surface area contributed by atoms with Gasteiger partial charge in [-0.2, -0.15) is 0 Å². The van der Waals surface area contributed by atoms with Gasteiger partial charge in [0, 0.05) is 5.02 Å². The molecule has 0 aliphatic heterocycles. The fourth-order valence-electron chi connectivity index (χ4n) is 1.57. The summed E-state index contributed by atoms with van der Waals surface area (Å²) in [6.45, 7) is 1.91. The molecule has 1 unspecified atom stereocenters. The summed E-state index contributed by atoms with van der Waals surface area (Å²) in [5.74, 6) is -2.64. The van der Waals surface area contributed by atoms with E-state index >= 15 is 0 Å². The molecule has 1 aromatic carbocycles. The summed E-state index contributed by atoms with van der Waals surface area (Å²) >= 11 is 5.68. The minimum atomic E-state index is -1.13. The fourth-order valence-corrected chi connectivity index (χ4v) is 1.75. The molecule has 0 heterocycles. The second-order valence-electron chi connectivity index (χ2n) is 4.13. The Morgan fingerprint density at radius 1 is 1.47 bits per heavy atom. The van der Waals surface area contributed by atoms with Crippen LogP contribution < -0.4 is 5.32 Å². The minimum Gasteiger partial charge on any atom is -0.480 e. The summed E-state index contributed by atoms with van der Waals surface area (Å²) in [4.78, 5) is 22.8. The molecule has 4 nitrogen and oxygen atoms in total. The third-order valence-corrected chi connectivity index (χ3v) is 2.86. The van der Waals surface area contributed by atoms with E-state index < -0.39 is 23.7 Å². The van der Waals surface area contributed by atoms with E-state index in [1.165, 1.54) is 12.1 Å². The van der Waals surface area contributed by atoms with Crippen LogP contribution in [0.1, 0.15) is 36.5 Å². The van der Waals surface area contributed by atoms with E-state index in [1.807, 2.05) is 6.92 Å². The summed E-state index contributed by atoms with van der Waals surface area (Å²) in [5, 5.41) is 11.5. The number of carbonyl (C=O) groups is 2. The maximum absolute atomic E-state index is 13.5. The average molecular weight is 288 g/mol. The van der Waals surface area contributed by atoms with E-state index in [9.17, 15) is 14.0 Å². The van der Waals surface area contributed by atoms with Crippen LogP contribution in [0.4, 0.5) is 4.39 Å². The molecule has 0 aromatic heterocycles. The molecule has 0 spiro atoms. The van der Waals surface area contributed by atoms with Crippen molar-refractivity contribution in [2.24, 2.45) is 0 Å². The van der Waals surface area contributed by atoms with Gasteiger partial charge in [0.05, 0.1) is 5.56 Å². The number of carboxylic acids is 1. The average Bonchev–Trinajstić information content (AvgIpc) is 2.36. The van der Waals surface area contributed by atoms with Gasteiger partial charge in [0.2, 0.25) is 0 Å². The number of benzene rings is 1. The van der Waals surface area contributed by atoms with Crippen molar-refractivity contribution in [3.8, 4) is 0 Å². The number of carbonyl (C=O) groups excluding carboxylic acids is 1. The Kier molecular flexibility index (Phi) is 5.76. The molecule has 104 valence electrons. The fraction of sp³-hybridized carbons (Fsp3) is 0.385. The molecule has 0 bridgehead atoms. The lowest BCUT2D eigenvalue weighted by Crippen LogP contribution is -2.41. The molecule has 1 amide bonds. The topological polar surface area (TPSA) is 66.4 Å². The number of halogens is 2. The van der Waals surface area contributed by atoms with Crippen LogP contribution in [0.2, 0.25) is 5.02 Å². The maximum Gasteiger partial charge on any atom is 0.326 e. The normalized spacial score (nSPS) is 11.9. The molecular weight excluding hydrogens is 273 g/mol. The Balaban J connectivity index is 2.81. The molecule has 1 rings (SSSR count). The summed E-state index contributed by atoms with van der Waals surface area (Å²) in [6, 6.07) is 2.54. The van der Waals surface area contributed by atoms with Crippen LogP contribution in [-0.2, 0) is 4.79 Å². The molecule has 0 saturated heterocycles. The minimum absolute atomic E-state index is 0.215. The molecule has 6 heteroatoms. The summed E-state index contributed by atoms with van der Waals surface area (Å²) in [7, 11) is 0. The van der Waals surface area contributed by atoms with E-state index in [4.69, 9.17) is 16.7 Å². The van der Waals surface area contributed by atoms with Crippen LogP contribution in [0.15, 0.2) is 18.2 Å². The first-order valence-electron chi connectivity index (χ1n) is 5.94. The van der Waals surface area contributed by atoms with Crippen molar-refractivity contribution in [1.29, 1.82) is 0 Å². The maximum atomic E-state index is 13.5. The zero-order valence-electron chi connectivity index (χ0n) is 10.5. The van der Waals surface area contributed by atoms with E-state index in [0.717, 1.165) is 12.5 Å². The molecule has 0 fully saturated rings. The molecular formula is C13H15ClFNO3. The molecule has 19 heavy (non-hydrogen) atoms. The smallest absolute Gasteiger partial charge is 0.326 e. The molecule has 0 aliphatic carbocycles. The quantitative estimate of drug-likeness (QED) is 0.845. The highest BCUT2D eigenvalue weighted by atomic mass is 35.5. The molecule has 2 N–H and O–H groups in total. The van der Waals surface area contributed by atoms with Crippen LogP contribution in [0.5, 0.6) is 0 Å². The Bertz CT molecular complexity index is 479. The van der Waals surface area contributed by atoms with Gasteiger partial charge in [-0.15, -0.1) is 0 Å². The van der Waals surface area contributed by atoms with E-state index in [0.29, 0.717) is 12.8 Å². The number of rotatable bonds is 6. The second-order valence-corrected chi connectivity index (χ2v) is 4.57. The highest BCUT2D eigenvalue weighted by molar-refractivity contribution is 6.31. The van der Waals surface area contributed by atoms with Crippen LogP contribution >= 0.6 is 11.6 Å². The Morgan fingerprint density at radius 3 is 2.74 bits per heavy atom. The van der Waals surface area contributed by atoms with Gasteiger partial charge in [-0.25, -0.2) is 9.18 Å². The van der Waals surface area contributed by atoms with E-state index in [-0.39, 0.29) is 10.6 Å². The van der Waals surface area contributed by atoms with Gasteiger partial charge < -0.3 is 10.4 Å². The van der Waals surface area contributed by atoms with Gasteiger partial charge in [0.25, 0.3) is 5.91 Å². The summed E-state index contributed by atoms with van der Waals surface area (Å²) in [6.07, 6.45) is 1.78.